The average molecular weight is 360 g/mol. The standard InChI is InChI=1S/C19H18ClNO4/c1-4-23-17-9-14(10-21)8-15(20)19(17)25-18(22)11-24-16-7-12(2)5-6-13(16)3/h5-9H,4,11H2,1-3H3. The molecule has 25 heavy (non-hydrogen) atoms. The molecule has 130 valence electrons. The van der Waals surface area contributed by atoms with Crippen LogP contribution in [-0.2, 0) is 4.79 Å². The maximum Gasteiger partial charge on any atom is 0.349 e. The predicted molar refractivity (Wildman–Crippen MR) is 94.4 cm³/mol. The molecule has 0 fully saturated rings. The Kier molecular flexibility index (Phi) is 6.26. The number of aryl methyl sites for hydroxylation is 2. The fourth-order valence-electron chi connectivity index (χ4n) is 2.14. The Bertz CT molecular complexity index is 827. The van der Waals surface area contributed by atoms with Crippen molar-refractivity contribution in [1.29, 1.82) is 5.26 Å². The van der Waals surface area contributed by atoms with Gasteiger partial charge in [-0.1, -0.05) is 23.7 Å². The third kappa shape index (κ3) is 4.88. The normalized spacial score (nSPS) is 10.0. The first-order chi connectivity index (χ1) is 11.9. The van der Waals surface area contributed by atoms with Gasteiger partial charge in [-0.3, -0.25) is 0 Å². The molecule has 0 amide bonds. The van der Waals surface area contributed by atoms with Crippen LogP contribution in [0.2, 0.25) is 5.02 Å². The van der Waals surface area contributed by atoms with Crippen LogP contribution in [0, 0.1) is 25.2 Å². The molecule has 0 aliphatic rings. The Morgan fingerprint density at radius 1 is 1.16 bits per heavy atom. The van der Waals surface area contributed by atoms with E-state index in [0.717, 1.165) is 11.1 Å². The second-order valence-corrected chi connectivity index (χ2v) is 5.77. The summed E-state index contributed by atoms with van der Waals surface area (Å²) in [6.07, 6.45) is 0. The number of nitrogens with zero attached hydrogens (tertiary/aromatic N) is 1. The van der Waals surface area contributed by atoms with Gasteiger partial charge in [0.05, 0.1) is 23.3 Å². The summed E-state index contributed by atoms with van der Waals surface area (Å²) in [6.45, 7) is 5.68. The Hall–Kier alpha value is -2.71. The van der Waals surface area contributed by atoms with E-state index < -0.39 is 5.97 Å². The summed E-state index contributed by atoms with van der Waals surface area (Å²) in [4.78, 5) is 12.1. The molecule has 0 aromatic heterocycles. The van der Waals surface area contributed by atoms with E-state index in [1.807, 2.05) is 38.1 Å². The minimum absolute atomic E-state index is 0.0806. The first-order valence-corrected chi connectivity index (χ1v) is 8.09. The molecule has 5 nitrogen and oxygen atoms in total. The number of ether oxygens (including phenoxy) is 3. The van der Waals surface area contributed by atoms with Crippen molar-refractivity contribution < 1.29 is 19.0 Å². The van der Waals surface area contributed by atoms with E-state index >= 15 is 0 Å². The second kappa shape index (κ2) is 8.41. The molecule has 0 unspecified atom stereocenters. The molecule has 6 heteroatoms. The van der Waals surface area contributed by atoms with Crippen molar-refractivity contribution in [3.05, 3.63) is 52.0 Å². The fourth-order valence-corrected chi connectivity index (χ4v) is 2.39. The molecule has 0 N–H and O–H groups in total. The van der Waals surface area contributed by atoms with Crippen molar-refractivity contribution in [2.24, 2.45) is 0 Å². The number of nitriles is 1. The lowest BCUT2D eigenvalue weighted by Crippen LogP contribution is -2.18. The molecule has 0 aliphatic carbocycles. The van der Waals surface area contributed by atoms with Crippen LogP contribution < -0.4 is 14.2 Å². The van der Waals surface area contributed by atoms with Crippen molar-refractivity contribution >= 4 is 17.6 Å². The molecule has 2 aromatic carbocycles. The van der Waals surface area contributed by atoms with E-state index in [9.17, 15) is 4.79 Å². The van der Waals surface area contributed by atoms with Gasteiger partial charge in [0, 0.05) is 6.07 Å². The van der Waals surface area contributed by atoms with Gasteiger partial charge in [0.2, 0.25) is 0 Å². The molecular weight excluding hydrogens is 342 g/mol. The number of hydrogen-bond donors (Lipinski definition) is 0. The van der Waals surface area contributed by atoms with Gasteiger partial charge in [-0.05, 0) is 44.0 Å². The molecule has 0 saturated heterocycles. The molecule has 0 atom stereocenters. The van der Waals surface area contributed by atoms with Crippen molar-refractivity contribution in [3.8, 4) is 23.3 Å². The van der Waals surface area contributed by atoms with E-state index in [2.05, 4.69) is 0 Å². The van der Waals surface area contributed by atoms with Crippen molar-refractivity contribution in [2.45, 2.75) is 20.8 Å². The Balaban J connectivity index is 2.12. The van der Waals surface area contributed by atoms with Gasteiger partial charge in [0.1, 0.15) is 5.75 Å². The Morgan fingerprint density at radius 3 is 2.60 bits per heavy atom. The van der Waals surface area contributed by atoms with Crippen LogP contribution in [0.4, 0.5) is 0 Å². The second-order valence-electron chi connectivity index (χ2n) is 5.36. The lowest BCUT2D eigenvalue weighted by atomic mass is 10.1. The van der Waals surface area contributed by atoms with Crippen molar-refractivity contribution in [3.63, 3.8) is 0 Å². The number of esters is 1. The van der Waals surface area contributed by atoms with Crippen LogP contribution in [0.1, 0.15) is 23.6 Å². The van der Waals surface area contributed by atoms with Crippen LogP contribution in [0.15, 0.2) is 30.3 Å². The molecule has 2 aromatic rings. The van der Waals surface area contributed by atoms with Gasteiger partial charge in [-0.2, -0.15) is 5.26 Å². The molecule has 0 radical (unpaired) electrons. The molecule has 0 spiro atoms. The summed E-state index contributed by atoms with van der Waals surface area (Å²) in [5, 5.41) is 9.12. The quantitative estimate of drug-likeness (QED) is 0.570. The van der Waals surface area contributed by atoms with E-state index in [0.29, 0.717) is 17.9 Å². The minimum Gasteiger partial charge on any atom is -0.490 e. The molecule has 0 heterocycles. The number of carbonyl (C=O) groups is 1. The number of carbonyl (C=O) groups excluding carboxylic acids is 1. The highest BCUT2D eigenvalue weighted by Crippen LogP contribution is 2.36. The largest absolute Gasteiger partial charge is 0.490 e. The summed E-state index contributed by atoms with van der Waals surface area (Å²) in [7, 11) is 0. The maximum absolute atomic E-state index is 12.1. The summed E-state index contributed by atoms with van der Waals surface area (Å²) in [5.41, 5.74) is 2.27. The average Bonchev–Trinajstić information content (AvgIpc) is 2.58. The summed E-state index contributed by atoms with van der Waals surface area (Å²) < 4.78 is 16.2. The van der Waals surface area contributed by atoms with E-state index in [1.165, 1.54) is 12.1 Å². The zero-order valence-corrected chi connectivity index (χ0v) is 15.0. The number of hydrogen-bond acceptors (Lipinski definition) is 5. The van der Waals surface area contributed by atoms with Crippen LogP contribution in [0.25, 0.3) is 0 Å². The predicted octanol–water partition coefficient (Wildman–Crippen LogP) is 4.21. The van der Waals surface area contributed by atoms with Gasteiger partial charge in [-0.15, -0.1) is 0 Å². The number of halogens is 1. The lowest BCUT2D eigenvalue weighted by Gasteiger charge is -2.13. The molecule has 2 rings (SSSR count). The summed E-state index contributed by atoms with van der Waals surface area (Å²) >= 11 is 6.11. The first-order valence-electron chi connectivity index (χ1n) is 7.71. The summed E-state index contributed by atoms with van der Waals surface area (Å²) in [5.74, 6) is 0.324. The van der Waals surface area contributed by atoms with Gasteiger partial charge >= 0.3 is 5.97 Å². The van der Waals surface area contributed by atoms with E-state index in [-0.39, 0.29) is 23.1 Å². The van der Waals surface area contributed by atoms with E-state index in [4.69, 9.17) is 31.1 Å². The molecule has 0 bridgehead atoms. The zero-order chi connectivity index (χ0) is 18.4. The minimum atomic E-state index is -0.617. The highest BCUT2D eigenvalue weighted by atomic mass is 35.5. The third-order valence-corrected chi connectivity index (χ3v) is 3.62. The SMILES string of the molecule is CCOc1cc(C#N)cc(Cl)c1OC(=O)COc1cc(C)ccc1C. The maximum atomic E-state index is 12.1. The van der Waals surface area contributed by atoms with Gasteiger partial charge in [0.15, 0.2) is 18.1 Å². The smallest absolute Gasteiger partial charge is 0.349 e. The highest BCUT2D eigenvalue weighted by molar-refractivity contribution is 6.32. The Morgan fingerprint density at radius 2 is 1.92 bits per heavy atom. The number of rotatable bonds is 6. The van der Waals surface area contributed by atoms with E-state index in [1.54, 1.807) is 6.92 Å². The van der Waals surface area contributed by atoms with Gasteiger partial charge in [-0.25, -0.2) is 4.79 Å². The topological polar surface area (TPSA) is 68.5 Å². The fraction of sp³-hybridized carbons (Fsp3) is 0.263. The summed E-state index contributed by atoms with van der Waals surface area (Å²) in [6, 6.07) is 10.6. The zero-order valence-electron chi connectivity index (χ0n) is 14.3. The van der Waals surface area contributed by atoms with Crippen LogP contribution in [0.5, 0.6) is 17.2 Å². The highest BCUT2D eigenvalue weighted by Gasteiger charge is 2.17. The van der Waals surface area contributed by atoms with Gasteiger partial charge in [0.25, 0.3) is 0 Å². The van der Waals surface area contributed by atoms with Crippen molar-refractivity contribution in [2.75, 3.05) is 13.2 Å². The van der Waals surface area contributed by atoms with Crippen molar-refractivity contribution in [1.82, 2.24) is 0 Å². The molecule has 0 saturated carbocycles. The first kappa shape index (κ1) is 18.6. The lowest BCUT2D eigenvalue weighted by molar-refractivity contribution is -0.136. The van der Waals surface area contributed by atoms with Crippen LogP contribution >= 0.6 is 11.6 Å². The molecule has 0 aliphatic heterocycles. The third-order valence-electron chi connectivity index (χ3n) is 3.34. The van der Waals surface area contributed by atoms with Gasteiger partial charge < -0.3 is 14.2 Å². The number of benzene rings is 2. The Labute approximate surface area is 151 Å². The van der Waals surface area contributed by atoms with Crippen LogP contribution in [0.3, 0.4) is 0 Å². The van der Waals surface area contributed by atoms with Crippen LogP contribution in [-0.4, -0.2) is 19.2 Å². The molecular formula is C19H18ClNO4. The monoisotopic (exact) mass is 359 g/mol.